The van der Waals surface area contributed by atoms with Crippen molar-refractivity contribution in [2.45, 2.75) is 0 Å². The first kappa shape index (κ1) is 11.0. The standard InChI is InChI=1S/C6H4I3NO2/c1-12-6(11)4-2(7)3(8)5(9)10-4/h10H,1H3. The molecule has 0 aliphatic rings. The second-order valence-corrected chi connectivity index (χ2v) is 5.17. The van der Waals surface area contributed by atoms with E-state index in [4.69, 9.17) is 0 Å². The molecule has 1 aromatic heterocycles. The summed E-state index contributed by atoms with van der Waals surface area (Å²) in [7, 11) is 1.37. The Morgan fingerprint density at radius 3 is 2.25 bits per heavy atom. The molecule has 66 valence electrons. The van der Waals surface area contributed by atoms with Gasteiger partial charge in [-0.15, -0.1) is 0 Å². The zero-order valence-electron chi connectivity index (χ0n) is 5.95. The highest BCUT2D eigenvalue weighted by molar-refractivity contribution is 14.1. The maximum atomic E-state index is 11.1. The molecule has 0 fully saturated rings. The predicted molar refractivity (Wildman–Crippen MR) is 70.3 cm³/mol. The SMILES string of the molecule is COC(=O)c1[nH]c(I)c(I)c1I. The molecule has 0 atom stereocenters. The summed E-state index contributed by atoms with van der Waals surface area (Å²) in [4.78, 5) is 14.1. The van der Waals surface area contributed by atoms with Crippen molar-refractivity contribution in [2.75, 3.05) is 7.11 Å². The minimum absolute atomic E-state index is 0.319. The summed E-state index contributed by atoms with van der Waals surface area (Å²) in [5, 5.41) is 0. The minimum atomic E-state index is -0.319. The molecular formula is C6H4I3NO2. The van der Waals surface area contributed by atoms with Gasteiger partial charge in [0.05, 0.1) is 18.0 Å². The van der Waals surface area contributed by atoms with Crippen LogP contribution in [0.15, 0.2) is 0 Å². The Balaban J connectivity index is 3.17. The number of aromatic amines is 1. The molecule has 3 nitrogen and oxygen atoms in total. The van der Waals surface area contributed by atoms with E-state index in [1.807, 2.05) is 0 Å². The van der Waals surface area contributed by atoms with Crippen LogP contribution in [0.1, 0.15) is 10.5 Å². The monoisotopic (exact) mass is 503 g/mol. The molecule has 1 rings (SSSR count). The molecule has 0 bridgehead atoms. The first-order valence-corrected chi connectivity index (χ1v) is 6.12. The largest absolute Gasteiger partial charge is 0.464 e. The molecule has 12 heavy (non-hydrogen) atoms. The number of carbonyl (C=O) groups excluding carboxylic acids is 1. The number of halogens is 3. The molecule has 0 saturated carbocycles. The van der Waals surface area contributed by atoms with Crippen LogP contribution in [0.4, 0.5) is 0 Å². The average Bonchev–Trinajstić information content (AvgIpc) is 2.32. The van der Waals surface area contributed by atoms with Crippen molar-refractivity contribution in [2.24, 2.45) is 0 Å². The molecule has 0 unspecified atom stereocenters. The summed E-state index contributed by atoms with van der Waals surface area (Å²) in [5.41, 5.74) is 0.534. The zero-order valence-corrected chi connectivity index (χ0v) is 12.4. The molecule has 0 aliphatic carbocycles. The van der Waals surface area contributed by atoms with Crippen LogP contribution in [0.25, 0.3) is 0 Å². The molecule has 1 N–H and O–H groups in total. The van der Waals surface area contributed by atoms with Gasteiger partial charge in [0, 0.05) is 0 Å². The first-order valence-electron chi connectivity index (χ1n) is 2.88. The molecule has 0 spiro atoms. The third-order valence-corrected chi connectivity index (χ3v) is 6.26. The Labute approximate surface area is 110 Å². The van der Waals surface area contributed by atoms with Crippen LogP contribution in [-0.4, -0.2) is 18.1 Å². The number of nitrogens with one attached hydrogen (secondary N) is 1. The lowest BCUT2D eigenvalue weighted by Crippen LogP contribution is -2.03. The molecule has 0 saturated heterocycles. The fraction of sp³-hybridized carbons (Fsp3) is 0.167. The van der Waals surface area contributed by atoms with E-state index in [1.165, 1.54) is 7.11 Å². The van der Waals surface area contributed by atoms with Crippen LogP contribution in [0, 0.1) is 10.8 Å². The number of methoxy groups -OCH3 is 1. The maximum Gasteiger partial charge on any atom is 0.355 e. The molecule has 0 amide bonds. The fourth-order valence-corrected chi connectivity index (χ4v) is 2.75. The van der Waals surface area contributed by atoms with E-state index in [1.54, 1.807) is 0 Å². The van der Waals surface area contributed by atoms with E-state index in [-0.39, 0.29) is 5.97 Å². The number of ether oxygens (including phenoxy) is 1. The quantitative estimate of drug-likeness (QED) is 0.474. The Morgan fingerprint density at radius 2 is 1.92 bits per heavy atom. The molecule has 6 heteroatoms. The second-order valence-electron chi connectivity index (χ2n) is 1.93. The highest BCUT2D eigenvalue weighted by Gasteiger charge is 2.17. The predicted octanol–water partition coefficient (Wildman–Crippen LogP) is 2.62. The topological polar surface area (TPSA) is 42.1 Å². The number of esters is 1. The van der Waals surface area contributed by atoms with Crippen LogP contribution in [0.2, 0.25) is 0 Å². The summed E-state index contributed by atoms with van der Waals surface area (Å²) < 4.78 is 7.56. The highest BCUT2D eigenvalue weighted by Crippen LogP contribution is 2.24. The maximum absolute atomic E-state index is 11.1. The van der Waals surface area contributed by atoms with E-state index in [0.29, 0.717) is 5.69 Å². The van der Waals surface area contributed by atoms with E-state index in [0.717, 1.165) is 10.8 Å². The smallest absolute Gasteiger partial charge is 0.355 e. The summed E-state index contributed by atoms with van der Waals surface area (Å²) in [5.74, 6) is -0.319. The molecule has 0 aliphatic heterocycles. The first-order chi connectivity index (χ1) is 5.57. The van der Waals surface area contributed by atoms with Gasteiger partial charge < -0.3 is 9.72 Å². The van der Waals surface area contributed by atoms with Gasteiger partial charge in [-0.05, 0) is 67.8 Å². The molecular weight excluding hydrogens is 499 g/mol. The van der Waals surface area contributed by atoms with Crippen molar-refractivity contribution in [1.29, 1.82) is 0 Å². The highest BCUT2D eigenvalue weighted by atomic mass is 127. The van der Waals surface area contributed by atoms with Crippen LogP contribution >= 0.6 is 67.8 Å². The number of H-pyrrole nitrogens is 1. The van der Waals surface area contributed by atoms with Gasteiger partial charge in [-0.2, -0.15) is 0 Å². The third kappa shape index (κ3) is 2.05. The van der Waals surface area contributed by atoms with Gasteiger partial charge in [0.1, 0.15) is 5.69 Å². The van der Waals surface area contributed by atoms with E-state index >= 15 is 0 Å². The van der Waals surface area contributed by atoms with Crippen molar-refractivity contribution >= 4 is 73.7 Å². The lowest BCUT2D eigenvalue weighted by molar-refractivity contribution is 0.0593. The number of aromatic nitrogens is 1. The minimum Gasteiger partial charge on any atom is -0.464 e. The number of hydrogen-bond donors (Lipinski definition) is 1. The van der Waals surface area contributed by atoms with Gasteiger partial charge in [-0.1, -0.05) is 0 Å². The van der Waals surface area contributed by atoms with Crippen molar-refractivity contribution < 1.29 is 9.53 Å². The summed E-state index contributed by atoms with van der Waals surface area (Å²) >= 11 is 6.45. The van der Waals surface area contributed by atoms with Gasteiger partial charge in [0.2, 0.25) is 0 Å². The van der Waals surface area contributed by atoms with Crippen LogP contribution in [-0.2, 0) is 4.74 Å². The lowest BCUT2D eigenvalue weighted by Gasteiger charge is -1.94. The summed E-state index contributed by atoms with van der Waals surface area (Å²) in [6.07, 6.45) is 0. The molecule has 0 radical (unpaired) electrons. The van der Waals surface area contributed by atoms with Crippen LogP contribution in [0.3, 0.4) is 0 Å². The summed E-state index contributed by atoms with van der Waals surface area (Å²) in [6.45, 7) is 0. The second kappa shape index (κ2) is 4.44. The van der Waals surface area contributed by atoms with Gasteiger partial charge >= 0.3 is 5.97 Å². The van der Waals surface area contributed by atoms with Gasteiger partial charge in [-0.25, -0.2) is 4.79 Å². The number of carbonyl (C=O) groups is 1. The average molecular weight is 503 g/mol. The lowest BCUT2D eigenvalue weighted by atomic mass is 10.4. The van der Waals surface area contributed by atoms with Crippen LogP contribution < -0.4 is 0 Å². The Bertz CT molecular complexity index is 321. The molecule has 0 aromatic carbocycles. The normalized spacial score (nSPS) is 10.0. The van der Waals surface area contributed by atoms with Crippen LogP contribution in [0.5, 0.6) is 0 Å². The Kier molecular flexibility index (Phi) is 4.08. The van der Waals surface area contributed by atoms with Crippen molar-refractivity contribution in [1.82, 2.24) is 4.98 Å². The fourth-order valence-electron chi connectivity index (χ4n) is 0.668. The van der Waals surface area contributed by atoms with Crippen molar-refractivity contribution in [3.05, 3.63) is 16.5 Å². The number of rotatable bonds is 1. The Hall–Kier alpha value is 0.940. The van der Waals surface area contributed by atoms with Gasteiger partial charge in [-0.3, -0.25) is 0 Å². The van der Waals surface area contributed by atoms with E-state index < -0.39 is 0 Å². The van der Waals surface area contributed by atoms with Gasteiger partial charge in [0.15, 0.2) is 0 Å². The third-order valence-electron chi connectivity index (χ3n) is 1.23. The van der Waals surface area contributed by atoms with E-state index in [9.17, 15) is 4.79 Å². The van der Waals surface area contributed by atoms with Gasteiger partial charge in [0.25, 0.3) is 0 Å². The van der Waals surface area contributed by atoms with Crippen molar-refractivity contribution in [3.8, 4) is 0 Å². The van der Waals surface area contributed by atoms with Crippen molar-refractivity contribution in [3.63, 3.8) is 0 Å². The number of hydrogen-bond acceptors (Lipinski definition) is 2. The molecule has 1 heterocycles. The molecule has 1 aromatic rings. The zero-order chi connectivity index (χ0) is 9.30. The summed E-state index contributed by atoms with van der Waals surface area (Å²) in [6, 6.07) is 0. The van der Waals surface area contributed by atoms with E-state index in [2.05, 4.69) is 77.5 Å². The Morgan fingerprint density at radius 1 is 1.33 bits per heavy atom.